The second kappa shape index (κ2) is 4.81. The molecule has 1 amide bonds. The second-order valence-electron chi connectivity index (χ2n) is 4.57. The minimum Gasteiger partial charge on any atom is -0.478 e. The maximum atomic E-state index is 13.0. The number of aromatic carboxylic acids is 1. The van der Waals surface area contributed by atoms with Gasteiger partial charge in [-0.1, -0.05) is 0 Å². The van der Waals surface area contributed by atoms with Gasteiger partial charge in [0.1, 0.15) is 10.3 Å². The van der Waals surface area contributed by atoms with E-state index in [1.807, 2.05) is 0 Å². The molecule has 1 atom stereocenters. The minimum absolute atomic E-state index is 0.0299. The molecule has 0 bridgehead atoms. The van der Waals surface area contributed by atoms with E-state index in [2.05, 4.69) is 0 Å². The maximum absolute atomic E-state index is 13.0. The predicted molar refractivity (Wildman–Crippen MR) is 71.5 cm³/mol. The van der Waals surface area contributed by atoms with Crippen LogP contribution < -0.4 is 4.90 Å². The molecule has 1 fully saturated rings. The molecule has 1 aliphatic rings. The Morgan fingerprint density at radius 2 is 2.05 bits per heavy atom. The summed E-state index contributed by atoms with van der Waals surface area (Å²) in [4.78, 5) is 24.9. The van der Waals surface area contributed by atoms with Gasteiger partial charge in [0.05, 0.1) is 5.56 Å². The van der Waals surface area contributed by atoms with Crippen LogP contribution in [0, 0.1) is 13.8 Å². The monoisotopic (exact) mass is 321 g/mol. The molecule has 0 aromatic carbocycles. The van der Waals surface area contributed by atoms with Crippen LogP contribution in [0.2, 0.25) is 0 Å². The van der Waals surface area contributed by atoms with Crippen LogP contribution in [0.1, 0.15) is 27.2 Å². The summed E-state index contributed by atoms with van der Waals surface area (Å²) in [7, 11) is -4.82. The third kappa shape index (κ3) is 2.42. The van der Waals surface area contributed by atoms with Gasteiger partial charge >= 0.3 is 16.2 Å². The lowest BCUT2D eigenvalue weighted by atomic mass is 10.1. The van der Waals surface area contributed by atoms with Crippen molar-refractivity contribution in [3.63, 3.8) is 0 Å². The van der Waals surface area contributed by atoms with Crippen LogP contribution in [-0.2, 0) is 15.0 Å². The summed E-state index contributed by atoms with van der Waals surface area (Å²) < 4.78 is 34.8. The topological polar surface area (TPSA) is 91.8 Å². The summed E-state index contributed by atoms with van der Waals surface area (Å²) in [6.45, 7) is 2.97. The molecular formula is C11H12FNO5S2. The van der Waals surface area contributed by atoms with Gasteiger partial charge in [0, 0.05) is 17.8 Å². The molecule has 1 aliphatic heterocycles. The van der Waals surface area contributed by atoms with Crippen LogP contribution in [0.5, 0.6) is 0 Å². The van der Waals surface area contributed by atoms with Crippen molar-refractivity contribution >= 4 is 38.4 Å². The highest BCUT2D eigenvalue weighted by atomic mass is 32.3. The molecule has 1 aromatic heterocycles. The smallest absolute Gasteiger partial charge is 0.339 e. The van der Waals surface area contributed by atoms with Gasteiger partial charge < -0.3 is 10.0 Å². The van der Waals surface area contributed by atoms with E-state index in [-0.39, 0.29) is 17.1 Å². The number of halogens is 1. The fourth-order valence-electron chi connectivity index (χ4n) is 2.11. The van der Waals surface area contributed by atoms with Crippen LogP contribution >= 0.6 is 11.3 Å². The zero-order valence-corrected chi connectivity index (χ0v) is 12.3. The molecule has 0 radical (unpaired) electrons. The molecule has 0 saturated carbocycles. The number of hydrogen-bond donors (Lipinski definition) is 1. The van der Waals surface area contributed by atoms with E-state index < -0.39 is 33.8 Å². The van der Waals surface area contributed by atoms with Crippen LogP contribution in [0.15, 0.2) is 0 Å². The summed E-state index contributed by atoms with van der Waals surface area (Å²) in [6, 6.07) is 0. The number of carbonyl (C=O) groups is 2. The third-order valence-corrected chi connectivity index (χ3v) is 5.66. The number of rotatable bonds is 3. The highest BCUT2D eigenvalue weighted by Crippen LogP contribution is 2.38. The molecule has 1 saturated heterocycles. The van der Waals surface area contributed by atoms with Crippen LogP contribution in [0.4, 0.5) is 8.89 Å². The Balaban J connectivity index is 2.46. The average molecular weight is 321 g/mol. The van der Waals surface area contributed by atoms with E-state index in [9.17, 15) is 27.0 Å². The number of hydrogen-bond acceptors (Lipinski definition) is 5. The number of amides is 1. The normalized spacial score (nSPS) is 19.6. The van der Waals surface area contributed by atoms with Crippen molar-refractivity contribution in [3.05, 3.63) is 16.0 Å². The fraction of sp³-hybridized carbons (Fsp3) is 0.455. The molecule has 1 N–H and O–H groups in total. The standard InChI is InChI=1S/C11H12FNO5S2/c1-5-6(2)19-10(9(5)11(15)16)13-4-7(3-8(13)14)20(12,17)18/h7H,3-4H2,1-2H3,(H,15,16). The van der Waals surface area contributed by atoms with Crippen molar-refractivity contribution in [1.29, 1.82) is 0 Å². The van der Waals surface area contributed by atoms with Gasteiger partial charge in [0.25, 0.3) is 0 Å². The summed E-state index contributed by atoms with van der Waals surface area (Å²) >= 11 is 1.09. The number of anilines is 1. The Hall–Kier alpha value is -1.48. The lowest BCUT2D eigenvalue weighted by Crippen LogP contribution is -2.27. The SMILES string of the molecule is Cc1sc(N2CC(S(=O)(=O)F)CC2=O)c(C(=O)O)c1C. The highest BCUT2D eigenvalue weighted by Gasteiger charge is 2.41. The molecule has 2 rings (SSSR count). The van der Waals surface area contributed by atoms with Crippen molar-refractivity contribution < 1.29 is 27.0 Å². The van der Waals surface area contributed by atoms with Gasteiger partial charge in [0.2, 0.25) is 5.91 Å². The summed E-state index contributed by atoms with van der Waals surface area (Å²) in [5, 5.41) is 7.95. The van der Waals surface area contributed by atoms with Crippen molar-refractivity contribution in [1.82, 2.24) is 0 Å². The quantitative estimate of drug-likeness (QED) is 0.851. The Labute approximate surface area is 119 Å². The number of carbonyl (C=O) groups excluding carboxylic acids is 1. The molecule has 2 heterocycles. The van der Waals surface area contributed by atoms with Gasteiger partial charge in [-0.2, -0.15) is 8.42 Å². The van der Waals surface area contributed by atoms with E-state index >= 15 is 0 Å². The van der Waals surface area contributed by atoms with Crippen molar-refractivity contribution in [2.75, 3.05) is 11.4 Å². The fourth-order valence-corrected chi connectivity index (χ4v) is 3.95. The Morgan fingerprint density at radius 1 is 1.45 bits per heavy atom. The first kappa shape index (κ1) is 14.9. The predicted octanol–water partition coefficient (Wildman–Crippen LogP) is 1.47. The van der Waals surface area contributed by atoms with Gasteiger partial charge in [-0.3, -0.25) is 4.79 Å². The number of carboxylic acids is 1. The van der Waals surface area contributed by atoms with E-state index in [1.165, 1.54) is 0 Å². The maximum Gasteiger partial charge on any atom is 0.339 e. The van der Waals surface area contributed by atoms with Gasteiger partial charge in [-0.05, 0) is 19.4 Å². The molecule has 0 spiro atoms. The third-order valence-electron chi connectivity index (χ3n) is 3.31. The first-order valence-electron chi connectivity index (χ1n) is 5.70. The molecule has 6 nitrogen and oxygen atoms in total. The van der Waals surface area contributed by atoms with Crippen molar-refractivity contribution in [3.8, 4) is 0 Å². The lowest BCUT2D eigenvalue weighted by Gasteiger charge is -2.15. The van der Waals surface area contributed by atoms with Gasteiger partial charge in [-0.25, -0.2) is 4.79 Å². The Bertz CT molecular complexity index is 694. The zero-order valence-electron chi connectivity index (χ0n) is 10.7. The summed E-state index contributed by atoms with van der Waals surface area (Å²) in [6.07, 6.45) is -0.464. The molecule has 1 unspecified atom stereocenters. The molecule has 110 valence electrons. The van der Waals surface area contributed by atoms with Crippen molar-refractivity contribution in [2.24, 2.45) is 0 Å². The van der Waals surface area contributed by atoms with E-state index in [1.54, 1.807) is 13.8 Å². The second-order valence-corrected chi connectivity index (χ2v) is 7.40. The van der Waals surface area contributed by atoms with Gasteiger partial charge in [-0.15, -0.1) is 15.2 Å². The van der Waals surface area contributed by atoms with Crippen LogP contribution in [0.25, 0.3) is 0 Å². The average Bonchev–Trinajstić information content (AvgIpc) is 2.80. The molecule has 9 heteroatoms. The lowest BCUT2D eigenvalue weighted by molar-refractivity contribution is -0.117. The Morgan fingerprint density at radius 3 is 2.50 bits per heavy atom. The number of carboxylic acid groups (broad SMARTS) is 1. The molecule has 1 aromatic rings. The summed E-state index contributed by atoms with van der Waals surface area (Å²) in [5.74, 6) is -1.78. The first-order valence-corrected chi connectivity index (χ1v) is 7.96. The Kier molecular flexibility index (Phi) is 3.59. The van der Waals surface area contributed by atoms with E-state index in [0.717, 1.165) is 21.1 Å². The number of aryl methyl sites for hydroxylation is 1. The highest BCUT2D eigenvalue weighted by molar-refractivity contribution is 7.87. The largest absolute Gasteiger partial charge is 0.478 e. The van der Waals surface area contributed by atoms with Crippen molar-refractivity contribution in [2.45, 2.75) is 25.5 Å². The number of nitrogens with zero attached hydrogens (tertiary/aromatic N) is 1. The van der Waals surface area contributed by atoms with E-state index in [0.29, 0.717) is 5.56 Å². The number of thiophene rings is 1. The van der Waals surface area contributed by atoms with E-state index in [4.69, 9.17) is 0 Å². The van der Waals surface area contributed by atoms with Crippen LogP contribution in [0.3, 0.4) is 0 Å². The molecule has 20 heavy (non-hydrogen) atoms. The molecule has 0 aliphatic carbocycles. The molecular weight excluding hydrogens is 309 g/mol. The van der Waals surface area contributed by atoms with Gasteiger partial charge in [0.15, 0.2) is 0 Å². The zero-order chi connectivity index (χ0) is 15.2. The first-order chi connectivity index (χ1) is 9.12. The minimum atomic E-state index is -4.82. The van der Waals surface area contributed by atoms with Crippen LogP contribution in [-0.4, -0.2) is 37.2 Å². The summed E-state index contributed by atoms with van der Waals surface area (Å²) in [5.41, 5.74) is 0.495.